The molecule has 1 rings (SSSR count). The molecule has 81 heavy (non-hydrogen) atoms. The minimum Gasteiger partial charge on any atom is -0.479 e. The fraction of sp³-hybridized carbons (Fsp3) is 0.623. The van der Waals surface area contributed by atoms with Crippen LogP contribution in [-0.2, 0) is 42.9 Å². The number of hydrogen-bond donors (Lipinski definition) is 3. The van der Waals surface area contributed by atoms with Crippen LogP contribution in [0.15, 0.2) is 134 Å². The van der Waals surface area contributed by atoms with Crippen LogP contribution in [0.1, 0.15) is 226 Å². The van der Waals surface area contributed by atoms with Crippen molar-refractivity contribution in [2.24, 2.45) is 0 Å². The lowest BCUT2D eigenvalue weighted by Gasteiger charge is -2.40. The molecule has 0 amide bonds. The highest BCUT2D eigenvalue weighted by molar-refractivity contribution is 5.74. The molecule has 1 aliphatic heterocycles. The SMILES string of the molecule is CC/C=C\C/C=C\C/C=C\C/C=C\C/C=C\C/C=C\CCC(=O)OCC(COC1OC(C(=O)O)C(O)C(O)C1OC(=O)CCCCCCCCC/C=C\C/C=C\C/C=C\CC)OC(=O)CCCCCCC/C=C\C/C=C\CCCCC. The summed E-state index contributed by atoms with van der Waals surface area (Å²) in [6, 6.07) is 0. The minimum atomic E-state index is -1.93. The molecule has 0 aliphatic carbocycles. The molecular weight excluding hydrogens is 1020 g/mol. The smallest absolute Gasteiger partial charge is 0.335 e. The summed E-state index contributed by atoms with van der Waals surface area (Å²) in [5.41, 5.74) is 0. The van der Waals surface area contributed by atoms with Gasteiger partial charge in [0.25, 0.3) is 0 Å². The van der Waals surface area contributed by atoms with Crippen molar-refractivity contribution in [2.75, 3.05) is 13.2 Å². The van der Waals surface area contributed by atoms with Crippen LogP contribution < -0.4 is 0 Å². The molecule has 0 saturated carbocycles. The number of carbonyl (C=O) groups is 4. The van der Waals surface area contributed by atoms with Gasteiger partial charge >= 0.3 is 23.9 Å². The van der Waals surface area contributed by atoms with Gasteiger partial charge < -0.3 is 39.0 Å². The van der Waals surface area contributed by atoms with Gasteiger partial charge in [0.1, 0.15) is 18.8 Å². The molecule has 1 saturated heterocycles. The Morgan fingerprint density at radius 2 is 0.802 bits per heavy atom. The van der Waals surface area contributed by atoms with Crippen molar-refractivity contribution in [3.8, 4) is 0 Å². The van der Waals surface area contributed by atoms with Gasteiger partial charge in [0.05, 0.1) is 6.61 Å². The minimum absolute atomic E-state index is 0.0332. The van der Waals surface area contributed by atoms with Crippen LogP contribution in [0.2, 0.25) is 0 Å². The second kappa shape index (κ2) is 55.4. The highest BCUT2D eigenvalue weighted by Crippen LogP contribution is 2.26. The third-order valence-electron chi connectivity index (χ3n) is 13.2. The van der Waals surface area contributed by atoms with E-state index >= 15 is 0 Å². The number of carboxylic acid groups (broad SMARTS) is 1. The highest BCUT2D eigenvalue weighted by atomic mass is 16.7. The Labute approximate surface area is 490 Å². The number of rotatable bonds is 51. The number of unbranched alkanes of at least 4 members (excludes halogenated alkanes) is 15. The third-order valence-corrected chi connectivity index (χ3v) is 13.2. The van der Waals surface area contributed by atoms with Crippen LogP contribution in [0.5, 0.6) is 0 Å². The lowest BCUT2D eigenvalue weighted by atomic mass is 9.98. The van der Waals surface area contributed by atoms with E-state index in [1.54, 1.807) is 0 Å². The first-order valence-electron chi connectivity index (χ1n) is 31.2. The van der Waals surface area contributed by atoms with E-state index in [0.29, 0.717) is 19.3 Å². The molecule has 1 fully saturated rings. The van der Waals surface area contributed by atoms with Crippen LogP contribution in [-0.4, -0.2) is 89.2 Å². The summed E-state index contributed by atoms with van der Waals surface area (Å²) in [6.45, 7) is 5.66. The first-order chi connectivity index (χ1) is 39.6. The van der Waals surface area contributed by atoms with Crippen molar-refractivity contribution < 1.29 is 58.2 Å². The van der Waals surface area contributed by atoms with Crippen LogP contribution in [0.3, 0.4) is 0 Å². The highest BCUT2D eigenvalue weighted by Gasteiger charge is 2.50. The molecule has 0 bridgehead atoms. The maximum absolute atomic E-state index is 13.2. The van der Waals surface area contributed by atoms with Crippen molar-refractivity contribution in [3.05, 3.63) is 134 Å². The molecule has 1 aliphatic rings. The van der Waals surface area contributed by atoms with Gasteiger partial charge in [-0.15, -0.1) is 0 Å². The van der Waals surface area contributed by atoms with E-state index in [1.165, 1.54) is 19.3 Å². The molecule has 6 unspecified atom stereocenters. The van der Waals surface area contributed by atoms with Crippen molar-refractivity contribution in [1.29, 1.82) is 0 Å². The predicted octanol–water partition coefficient (Wildman–Crippen LogP) is 16.6. The van der Waals surface area contributed by atoms with Crippen LogP contribution in [0.4, 0.5) is 0 Å². The second-order valence-corrected chi connectivity index (χ2v) is 20.6. The van der Waals surface area contributed by atoms with E-state index in [9.17, 15) is 34.5 Å². The Morgan fingerprint density at radius 1 is 0.420 bits per heavy atom. The summed E-state index contributed by atoms with van der Waals surface area (Å²) in [4.78, 5) is 51.2. The van der Waals surface area contributed by atoms with Gasteiger partial charge in [-0.25, -0.2) is 4.79 Å². The summed E-state index contributed by atoms with van der Waals surface area (Å²) in [5, 5.41) is 31.6. The zero-order valence-corrected chi connectivity index (χ0v) is 50.2. The van der Waals surface area contributed by atoms with Gasteiger partial charge in [-0.1, -0.05) is 219 Å². The number of carbonyl (C=O) groups excluding carboxylic acids is 3. The Hall–Kier alpha value is -5.14. The first-order valence-corrected chi connectivity index (χ1v) is 31.2. The van der Waals surface area contributed by atoms with E-state index in [4.69, 9.17) is 23.7 Å². The first kappa shape index (κ1) is 73.9. The summed E-state index contributed by atoms with van der Waals surface area (Å²) < 4.78 is 28.4. The second-order valence-electron chi connectivity index (χ2n) is 20.6. The molecule has 0 aromatic heterocycles. The number of ether oxygens (including phenoxy) is 5. The number of aliphatic hydroxyl groups is 2. The maximum Gasteiger partial charge on any atom is 0.335 e. The summed E-state index contributed by atoms with van der Waals surface area (Å²) in [6.07, 6.45) is 65.6. The van der Waals surface area contributed by atoms with Crippen LogP contribution in [0, 0.1) is 0 Å². The van der Waals surface area contributed by atoms with Crippen LogP contribution in [0.25, 0.3) is 0 Å². The third kappa shape index (κ3) is 45.1. The Bertz CT molecular complexity index is 1920. The Morgan fingerprint density at radius 3 is 1.23 bits per heavy atom. The number of aliphatic hydroxyl groups excluding tert-OH is 2. The molecule has 0 aromatic rings. The molecule has 6 atom stereocenters. The number of hydrogen-bond acceptors (Lipinski definition) is 11. The molecule has 3 N–H and O–H groups in total. The molecule has 12 nitrogen and oxygen atoms in total. The van der Waals surface area contributed by atoms with Crippen LogP contribution >= 0.6 is 0 Å². The number of allylic oxidation sites excluding steroid dienone is 22. The van der Waals surface area contributed by atoms with Gasteiger partial charge in [0.15, 0.2) is 24.6 Å². The predicted molar refractivity (Wildman–Crippen MR) is 330 cm³/mol. The van der Waals surface area contributed by atoms with Gasteiger partial charge in [0.2, 0.25) is 0 Å². The molecule has 0 aromatic carbocycles. The Balaban J connectivity index is 2.74. The standard InChI is InChI=1S/C69H108O12/c1-4-7-10-13-16-19-22-25-28-30-31-33-35-37-40-43-46-49-52-55-61(70)77-58-60(79-62(71)56-53-50-47-44-41-38-34-27-24-21-18-15-12-9-6-3)59-78-69-67(65(74)64(73)66(81-69)68(75)76)80-63(72)57-54-51-48-45-42-39-36-32-29-26-23-20-17-14-11-8-5-2/h7-8,10-11,16-21,25-29,31,33-34,37,40,46,49,60,64-67,69,73-74H,4-6,9,12-15,22-24,30,32,35-36,38-39,41-45,47-48,50-59H2,1-3H3,(H,75,76)/b10-7-,11-8-,19-16-,20-17-,21-18-,28-25-,29-26-,33-31-,34-27-,40-37-,49-46-. The van der Waals surface area contributed by atoms with E-state index in [1.807, 2.05) is 12.2 Å². The summed E-state index contributed by atoms with van der Waals surface area (Å²) in [5.74, 6) is -3.28. The normalized spacial score (nSPS) is 18.7. The molecule has 0 spiro atoms. The van der Waals surface area contributed by atoms with Gasteiger partial charge in [-0.3, -0.25) is 14.4 Å². The zero-order valence-electron chi connectivity index (χ0n) is 50.2. The molecule has 1 heterocycles. The topological polar surface area (TPSA) is 175 Å². The molecule has 0 radical (unpaired) electrons. The van der Waals surface area contributed by atoms with Gasteiger partial charge in [-0.2, -0.15) is 0 Å². The number of esters is 3. The van der Waals surface area contributed by atoms with E-state index in [-0.39, 0.29) is 25.9 Å². The molecule has 456 valence electrons. The van der Waals surface area contributed by atoms with Crippen molar-refractivity contribution in [1.82, 2.24) is 0 Å². The maximum atomic E-state index is 13.2. The van der Waals surface area contributed by atoms with E-state index in [2.05, 4.69) is 142 Å². The average Bonchev–Trinajstić information content (AvgIpc) is 3.53. The molecular formula is C69H108O12. The van der Waals surface area contributed by atoms with Gasteiger partial charge in [-0.05, 0) is 122 Å². The number of aliphatic carboxylic acids is 1. The van der Waals surface area contributed by atoms with E-state index < -0.39 is 67.3 Å². The van der Waals surface area contributed by atoms with Gasteiger partial charge in [0, 0.05) is 19.3 Å². The largest absolute Gasteiger partial charge is 0.479 e. The average molecular weight is 1130 g/mol. The van der Waals surface area contributed by atoms with Crippen molar-refractivity contribution in [2.45, 2.75) is 263 Å². The lowest BCUT2D eigenvalue weighted by Crippen LogP contribution is -2.61. The number of carboxylic acids is 1. The fourth-order valence-electron chi connectivity index (χ4n) is 8.50. The lowest BCUT2D eigenvalue weighted by molar-refractivity contribution is -0.301. The zero-order chi connectivity index (χ0) is 58.9. The fourth-order valence-corrected chi connectivity index (χ4v) is 8.50. The Kier molecular flexibility index (Phi) is 50.5. The summed E-state index contributed by atoms with van der Waals surface area (Å²) in [7, 11) is 0. The monoisotopic (exact) mass is 1130 g/mol. The summed E-state index contributed by atoms with van der Waals surface area (Å²) >= 11 is 0. The van der Waals surface area contributed by atoms with Crippen molar-refractivity contribution in [3.63, 3.8) is 0 Å². The van der Waals surface area contributed by atoms with Crippen molar-refractivity contribution >= 4 is 23.9 Å². The van der Waals surface area contributed by atoms with E-state index in [0.717, 1.165) is 148 Å². The quantitative estimate of drug-likeness (QED) is 0.0228. The molecule has 12 heteroatoms.